The standard InChI is InChI=1S/C31H40F3N5O2S.CH4/c1-4-6-7-8-17-38-29(40)23-14-15-26(28(22-23)41-3)37-18-9-12-24-21-27-25(36-19-11-16-35-5-2)13-10-20-39(27)30(24)42-31(32,33)34;/h10,13-15,20-22,35-37H,4-8,11,16-19H2,1-3H3,(H,38,40);1H4. The molecule has 0 aliphatic rings. The van der Waals surface area contributed by atoms with E-state index in [0.29, 0.717) is 41.2 Å². The highest BCUT2D eigenvalue weighted by atomic mass is 32.2. The van der Waals surface area contributed by atoms with E-state index in [1.54, 1.807) is 36.5 Å². The highest BCUT2D eigenvalue weighted by Crippen LogP contribution is 2.40. The summed E-state index contributed by atoms with van der Waals surface area (Å²) in [5.74, 6) is 6.16. The van der Waals surface area contributed by atoms with Crippen molar-refractivity contribution < 1.29 is 22.7 Å². The number of nitrogens with zero attached hydrogens (tertiary/aromatic N) is 1. The first-order valence-electron chi connectivity index (χ1n) is 14.3. The molecule has 0 aliphatic carbocycles. The molecule has 3 aromatic rings. The van der Waals surface area contributed by atoms with Crippen LogP contribution in [0.3, 0.4) is 0 Å². The minimum absolute atomic E-state index is 0. The van der Waals surface area contributed by atoms with Crippen LogP contribution in [0.5, 0.6) is 5.75 Å². The lowest BCUT2D eigenvalue weighted by molar-refractivity contribution is -0.0329. The molecule has 236 valence electrons. The first kappa shape index (κ1) is 35.7. The molecule has 0 atom stereocenters. The topological polar surface area (TPSA) is 78.8 Å². The first-order chi connectivity index (χ1) is 20.3. The zero-order valence-corrected chi connectivity index (χ0v) is 25.2. The number of benzene rings is 1. The number of fused-ring (bicyclic) bond motifs is 1. The molecular formula is C32H44F3N5O2S. The number of anilines is 2. The van der Waals surface area contributed by atoms with Gasteiger partial charge in [0.05, 0.1) is 36.1 Å². The number of thioether (sulfide) groups is 1. The van der Waals surface area contributed by atoms with Crippen molar-refractivity contribution in [2.75, 3.05) is 50.5 Å². The number of pyridine rings is 1. The second kappa shape index (κ2) is 18.2. The average Bonchev–Trinajstić information content (AvgIpc) is 3.31. The fraction of sp³-hybridized carbons (Fsp3) is 0.469. The monoisotopic (exact) mass is 619 g/mol. The third-order valence-electron chi connectivity index (χ3n) is 6.44. The lowest BCUT2D eigenvalue weighted by Crippen LogP contribution is -2.24. The Morgan fingerprint density at radius 2 is 1.81 bits per heavy atom. The summed E-state index contributed by atoms with van der Waals surface area (Å²) in [6.45, 7) is 7.39. The van der Waals surface area contributed by atoms with Gasteiger partial charge in [-0.15, -0.1) is 0 Å². The van der Waals surface area contributed by atoms with Gasteiger partial charge in [0.2, 0.25) is 0 Å². The largest absolute Gasteiger partial charge is 0.495 e. The second-order valence-corrected chi connectivity index (χ2v) is 10.7. The van der Waals surface area contributed by atoms with E-state index >= 15 is 0 Å². The normalized spacial score (nSPS) is 10.9. The smallest absolute Gasteiger partial charge is 0.447 e. The Kier molecular flexibility index (Phi) is 15.1. The van der Waals surface area contributed by atoms with Crippen LogP contribution in [-0.2, 0) is 0 Å². The summed E-state index contributed by atoms with van der Waals surface area (Å²) in [4.78, 5) is 12.5. The number of ether oxygens (including phenoxy) is 1. The van der Waals surface area contributed by atoms with Gasteiger partial charge in [-0.2, -0.15) is 13.2 Å². The Balaban J connectivity index is 0.00000645. The summed E-state index contributed by atoms with van der Waals surface area (Å²) in [6, 6.07) is 10.4. The molecule has 43 heavy (non-hydrogen) atoms. The van der Waals surface area contributed by atoms with Crippen LogP contribution in [0.2, 0.25) is 0 Å². The molecule has 0 saturated carbocycles. The number of rotatable bonds is 16. The number of carbonyl (C=O) groups is 1. The fourth-order valence-corrected chi connectivity index (χ4v) is 5.05. The van der Waals surface area contributed by atoms with Crippen molar-refractivity contribution >= 4 is 34.6 Å². The minimum atomic E-state index is -4.46. The summed E-state index contributed by atoms with van der Waals surface area (Å²) in [7, 11) is 1.51. The van der Waals surface area contributed by atoms with E-state index < -0.39 is 5.51 Å². The number of aromatic nitrogens is 1. The highest BCUT2D eigenvalue weighted by Gasteiger charge is 2.32. The van der Waals surface area contributed by atoms with Crippen LogP contribution in [-0.4, -0.2) is 55.6 Å². The first-order valence-corrected chi connectivity index (χ1v) is 15.1. The van der Waals surface area contributed by atoms with Gasteiger partial charge in [0.25, 0.3) is 5.91 Å². The van der Waals surface area contributed by atoms with Crippen molar-refractivity contribution in [3.8, 4) is 17.6 Å². The van der Waals surface area contributed by atoms with E-state index in [9.17, 15) is 18.0 Å². The molecule has 0 aliphatic heterocycles. The molecule has 3 rings (SSSR count). The number of amides is 1. The van der Waals surface area contributed by atoms with Gasteiger partial charge < -0.3 is 30.4 Å². The van der Waals surface area contributed by atoms with Gasteiger partial charge in [-0.05, 0) is 62.3 Å². The van der Waals surface area contributed by atoms with Crippen LogP contribution < -0.4 is 26.0 Å². The number of methoxy groups -OCH3 is 1. The molecule has 1 aromatic carbocycles. The van der Waals surface area contributed by atoms with E-state index in [1.165, 1.54) is 11.5 Å². The molecule has 7 nitrogen and oxygen atoms in total. The quantitative estimate of drug-likeness (QED) is 0.0762. The predicted octanol–water partition coefficient (Wildman–Crippen LogP) is 7.38. The minimum Gasteiger partial charge on any atom is -0.495 e. The van der Waals surface area contributed by atoms with Crippen molar-refractivity contribution in [3.63, 3.8) is 0 Å². The van der Waals surface area contributed by atoms with Crippen LogP contribution in [0.15, 0.2) is 47.6 Å². The number of nitrogens with one attached hydrogen (secondary N) is 4. The van der Waals surface area contributed by atoms with E-state index in [1.807, 2.05) is 13.0 Å². The van der Waals surface area contributed by atoms with Crippen LogP contribution in [0, 0.1) is 11.8 Å². The van der Waals surface area contributed by atoms with E-state index in [-0.39, 0.29) is 36.7 Å². The number of alkyl halides is 3. The summed E-state index contributed by atoms with van der Waals surface area (Å²) in [5, 5.41) is 12.7. The molecule has 0 unspecified atom stereocenters. The molecule has 0 bridgehead atoms. The molecule has 11 heteroatoms. The lowest BCUT2D eigenvalue weighted by atomic mass is 10.1. The van der Waals surface area contributed by atoms with Gasteiger partial charge in [-0.25, -0.2) is 0 Å². The zero-order valence-electron chi connectivity index (χ0n) is 24.4. The number of unbranched alkanes of at least 4 members (excludes halogenated alkanes) is 3. The number of hydrogen-bond donors (Lipinski definition) is 4. The summed E-state index contributed by atoms with van der Waals surface area (Å²) in [6.07, 6.45) is 6.79. The Labute approximate surface area is 257 Å². The molecule has 2 heterocycles. The maximum Gasteiger partial charge on any atom is 0.447 e. The third-order valence-corrected chi connectivity index (χ3v) is 7.28. The summed E-state index contributed by atoms with van der Waals surface area (Å²) < 4.78 is 47.4. The highest BCUT2D eigenvalue weighted by molar-refractivity contribution is 8.00. The summed E-state index contributed by atoms with van der Waals surface area (Å²) in [5.41, 5.74) is -1.68. The van der Waals surface area contributed by atoms with E-state index in [4.69, 9.17) is 4.74 Å². The van der Waals surface area contributed by atoms with Crippen LogP contribution in [0.1, 0.15) is 69.3 Å². The van der Waals surface area contributed by atoms with Gasteiger partial charge in [0, 0.05) is 36.6 Å². The number of halogens is 3. The molecule has 4 N–H and O–H groups in total. The molecule has 0 fully saturated rings. The van der Waals surface area contributed by atoms with Crippen molar-refractivity contribution in [1.82, 2.24) is 15.0 Å². The molecule has 0 radical (unpaired) electrons. The summed E-state index contributed by atoms with van der Waals surface area (Å²) >= 11 is -0.174. The fourth-order valence-electron chi connectivity index (χ4n) is 4.35. The van der Waals surface area contributed by atoms with Crippen LogP contribution >= 0.6 is 11.8 Å². The van der Waals surface area contributed by atoms with Gasteiger partial charge in [-0.1, -0.05) is 52.4 Å². The van der Waals surface area contributed by atoms with Crippen molar-refractivity contribution in [1.29, 1.82) is 0 Å². The van der Waals surface area contributed by atoms with Crippen molar-refractivity contribution in [3.05, 3.63) is 53.7 Å². The van der Waals surface area contributed by atoms with Crippen molar-refractivity contribution in [2.45, 2.75) is 63.9 Å². The van der Waals surface area contributed by atoms with Crippen LogP contribution in [0.4, 0.5) is 24.5 Å². The third kappa shape index (κ3) is 11.3. The van der Waals surface area contributed by atoms with Gasteiger partial charge >= 0.3 is 5.51 Å². The number of hydrogen-bond acceptors (Lipinski definition) is 6. The van der Waals surface area contributed by atoms with Gasteiger partial charge in [-0.3, -0.25) is 4.79 Å². The SMILES string of the molecule is C.CCCCCCNC(=O)c1ccc(NCC#Cc2cc3c(NCCCNCC)cccn3c2SC(F)(F)F)c(OC)c1. The Bertz CT molecular complexity index is 1360. The molecule has 0 spiro atoms. The van der Waals surface area contributed by atoms with Gasteiger partial charge in [0.15, 0.2) is 0 Å². The van der Waals surface area contributed by atoms with Crippen LogP contribution in [0.25, 0.3) is 5.52 Å². The van der Waals surface area contributed by atoms with E-state index in [0.717, 1.165) is 50.9 Å². The number of carbonyl (C=O) groups excluding carboxylic acids is 1. The Hall–Kier alpha value is -3.49. The maximum absolute atomic E-state index is 13.5. The molecule has 1 amide bonds. The predicted molar refractivity (Wildman–Crippen MR) is 173 cm³/mol. The zero-order chi connectivity index (χ0) is 30.4. The molecule has 0 saturated heterocycles. The Morgan fingerprint density at radius 1 is 1.00 bits per heavy atom. The Morgan fingerprint density at radius 3 is 2.53 bits per heavy atom. The maximum atomic E-state index is 13.5. The van der Waals surface area contributed by atoms with Crippen molar-refractivity contribution in [2.24, 2.45) is 0 Å². The second-order valence-electron chi connectivity index (χ2n) is 9.61. The molecule has 2 aromatic heterocycles. The van der Waals surface area contributed by atoms with Gasteiger partial charge in [0.1, 0.15) is 10.8 Å². The molecular weight excluding hydrogens is 575 g/mol. The average molecular weight is 620 g/mol. The lowest BCUT2D eigenvalue weighted by Gasteiger charge is -2.11. The van der Waals surface area contributed by atoms with E-state index in [2.05, 4.69) is 40.0 Å².